The molecule has 0 spiro atoms. The lowest BCUT2D eigenvalue weighted by atomic mass is 10.0. The second-order valence-corrected chi connectivity index (χ2v) is 10.3. The van der Waals surface area contributed by atoms with E-state index in [1.807, 2.05) is 79.0 Å². The minimum Gasteiger partial charge on any atom is -0.456 e. The van der Waals surface area contributed by atoms with Crippen molar-refractivity contribution in [2.75, 3.05) is 0 Å². The number of rotatable bonds is 3. The summed E-state index contributed by atoms with van der Waals surface area (Å²) in [7, 11) is 0. The number of pyridine rings is 1. The van der Waals surface area contributed by atoms with Gasteiger partial charge in [-0.25, -0.2) is 15.0 Å². The molecule has 0 saturated carbocycles. The van der Waals surface area contributed by atoms with E-state index in [2.05, 4.69) is 41.4 Å². The Morgan fingerprint density at radius 3 is 1.98 bits per heavy atom. The number of nitrogens with zero attached hydrogens (tertiary/aromatic N) is 4. The first-order valence-corrected chi connectivity index (χ1v) is 13.7. The first kappa shape index (κ1) is 22.9. The van der Waals surface area contributed by atoms with Crippen LogP contribution in [0.15, 0.2) is 130 Å². The molecule has 6 heteroatoms. The van der Waals surface area contributed by atoms with E-state index in [9.17, 15) is 0 Å². The molecule has 0 bridgehead atoms. The average Bonchev–Trinajstić information content (AvgIpc) is 3.61. The molecule has 0 saturated heterocycles. The minimum absolute atomic E-state index is 0.525. The number of hydrogen-bond acceptors (Lipinski definition) is 6. The average molecular weight is 541 g/mol. The van der Waals surface area contributed by atoms with Gasteiger partial charge in [0.2, 0.25) is 0 Å². The fraction of sp³-hybridized carbons (Fsp3) is 0. The first-order valence-electron chi connectivity index (χ1n) is 13.7. The highest BCUT2D eigenvalue weighted by atomic mass is 16.3. The lowest BCUT2D eigenvalue weighted by Gasteiger charge is -2.09. The Labute approximate surface area is 238 Å². The zero-order valence-corrected chi connectivity index (χ0v) is 22.2. The monoisotopic (exact) mass is 540 g/mol. The van der Waals surface area contributed by atoms with E-state index in [0.717, 1.165) is 65.8 Å². The van der Waals surface area contributed by atoms with Crippen LogP contribution in [0.25, 0.3) is 88.8 Å². The van der Waals surface area contributed by atoms with Crippen molar-refractivity contribution >= 4 is 54.6 Å². The predicted molar refractivity (Wildman–Crippen MR) is 166 cm³/mol. The zero-order valence-electron chi connectivity index (χ0n) is 22.2. The molecule has 0 aliphatic heterocycles. The van der Waals surface area contributed by atoms with Crippen LogP contribution < -0.4 is 0 Å². The van der Waals surface area contributed by atoms with Gasteiger partial charge in [0, 0.05) is 44.4 Å². The molecule has 4 aromatic heterocycles. The molecule has 0 aliphatic rings. The largest absolute Gasteiger partial charge is 0.456 e. The molecule has 6 nitrogen and oxygen atoms in total. The summed E-state index contributed by atoms with van der Waals surface area (Å²) in [5.41, 5.74) is 5.64. The van der Waals surface area contributed by atoms with Gasteiger partial charge in [-0.05, 0) is 41.1 Å². The summed E-state index contributed by atoms with van der Waals surface area (Å²) in [4.78, 5) is 19.4. The molecule has 4 heterocycles. The van der Waals surface area contributed by atoms with Crippen molar-refractivity contribution in [1.29, 1.82) is 0 Å². The van der Waals surface area contributed by atoms with Crippen LogP contribution in [0.1, 0.15) is 0 Å². The molecule has 196 valence electrons. The molecule has 9 aromatic rings. The number of para-hydroxylation sites is 1. The summed E-state index contributed by atoms with van der Waals surface area (Å²) < 4.78 is 12.5. The molecule has 42 heavy (non-hydrogen) atoms. The predicted octanol–water partition coefficient (Wildman–Crippen LogP) is 9.22. The molecule has 0 atom stereocenters. The lowest BCUT2D eigenvalue weighted by Crippen LogP contribution is -2.00. The highest BCUT2D eigenvalue weighted by molar-refractivity contribution is 6.14. The van der Waals surface area contributed by atoms with Crippen molar-refractivity contribution in [1.82, 2.24) is 19.9 Å². The standard InChI is InChI=1S/C36H20N4O2/c1-2-8-21(9-3-1)34-38-35(24-14-15-26-25-12-6-7-13-29(25)41-30(26)18-24)40-36(39-34)28-19-37-20-32-33(28)27-16-22-10-4-5-11-23(22)17-31(27)42-32/h1-20H. The van der Waals surface area contributed by atoms with E-state index >= 15 is 0 Å². The maximum atomic E-state index is 6.28. The fourth-order valence-corrected chi connectivity index (χ4v) is 5.79. The fourth-order valence-electron chi connectivity index (χ4n) is 5.79. The second kappa shape index (κ2) is 8.81. The number of benzene rings is 5. The van der Waals surface area contributed by atoms with E-state index in [1.54, 1.807) is 6.20 Å². The van der Waals surface area contributed by atoms with Crippen molar-refractivity contribution in [2.24, 2.45) is 0 Å². The Morgan fingerprint density at radius 2 is 1.10 bits per heavy atom. The summed E-state index contributed by atoms with van der Waals surface area (Å²) in [6.45, 7) is 0. The van der Waals surface area contributed by atoms with E-state index in [4.69, 9.17) is 23.8 Å². The Bertz CT molecular complexity index is 2480. The van der Waals surface area contributed by atoms with Crippen molar-refractivity contribution < 1.29 is 8.83 Å². The van der Waals surface area contributed by atoms with Crippen LogP contribution in [0.5, 0.6) is 0 Å². The SMILES string of the molecule is c1ccc(-c2nc(-c3ccc4c(c3)oc3ccccc34)nc(-c3cncc4oc5cc6ccccc6cc5c34)n2)cc1. The molecular formula is C36H20N4O2. The van der Waals surface area contributed by atoms with Gasteiger partial charge in [0.25, 0.3) is 0 Å². The van der Waals surface area contributed by atoms with Crippen LogP contribution >= 0.6 is 0 Å². The highest BCUT2D eigenvalue weighted by Gasteiger charge is 2.19. The van der Waals surface area contributed by atoms with Crippen LogP contribution in [-0.4, -0.2) is 19.9 Å². The molecule has 0 fully saturated rings. The van der Waals surface area contributed by atoms with Gasteiger partial charge in [-0.1, -0.05) is 78.9 Å². The number of furan rings is 2. The Balaban J connectivity index is 1.30. The second-order valence-electron chi connectivity index (χ2n) is 10.3. The third-order valence-electron chi connectivity index (χ3n) is 7.79. The maximum Gasteiger partial charge on any atom is 0.166 e. The van der Waals surface area contributed by atoms with Crippen LogP contribution in [0.4, 0.5) is 0 Å². The van der Waals surface area contributed by atoms with Crippen molar-refractivity contribution in [2.45, 2.75) is 0 Å². The van der Waals surface area contributed by atoms with E-state index in [-0.39, 0.29) is 0 Å². The highest BCUT2D eigenvalue weighted by Crippen LogP contribution is 2.38. The number of fused-ring (bicyclic) bond motifs is 7. The maximum absolute atomic E-state index is 6.28. The number of aromatic nitrogens is 4. The molecule has 0 radical (unpaired) electrons. The zero-order chi connectivity index (χ0) is 27.6. The summed E-state index contributed by atoms with van der Waals surface area (Å²) in [5, 5.41) is 6.31. The quantitative estimate of drug-likeness (QED) is 0.222. The number of hydrogen-bond donors (Lipinski definition) is 0. The summed E-state index contributed by atoms with van der Waals surface area (Å²) >= 11 is 0. The van der Waals surface area contributed by atoms with Gasteiger partial charge in [0.1, 0.15) is 16.7 Å². The van der Waals surface area contributed by atoms with Gasteiger partial charge in [-0.2, -0.15) is 0 Å². The summed E-state index contributed by atoms with van der Waals surface area (Å²) in [6, 6.07) is 36.6. The van der Waals surface area contributed by atoms with Gasteiger partial charge in [0.05, 0.1) is 6.20 Å². The summed E-state index contributed by atoms with van der Waals surface area (Å²) in [6.07, 6.45) is 3.56. The van der Waals surface area contributed by atoms with Gasteiger partial charge in [0.15, 0.2) is 23.1 Å². The van der Waals surface area contributed by atoms with E-state index in [0.29, 0.717) is 23.1 Å². The molecule has 0 amide bonds. The molecule has 0 unspecified atom stereocenters. The van der Waals surface area contributed by atoms with Crippen LogP contribution in [-0.2, 0) is 0 Å². The molecular weight excluding hydrogens is 520 g/mol. The van der Waals surface area contributed by atoms with Gasteiger partial charge in [-0.15, -0.1) is 0 Å². The molecule has 9 rings (SSSR count). The normalized spacial score (nSPS) is 11.8. The van der Waals surface area contributed by atoms with Gasteiger partial charge < -0.3 is 8.83 Å². The van der Waals surface area contributed by atoms with Crippen LogP contribution in [0.3, 0.4) is 0 Å². The van der Waals surface area contributed by atoms with Crippen LogP contribution in [0, 0.1) is 0 Å². The van der Waals surface area contributed by atoms with Crippen molar-refractivity contribution in [3.63, 3.8) is 0 Å². The van der Waals surface area contributed by atoms with Gasteiger partial charge in [-0.3, -0.25) is 4.98 Å². The van der Waals surface area contributed by atoms with E-state index < -0.39 is 0 Å². The van der Waals surface area contributed by atoms with Crippen molar-refractivity contribution in [3.8, 4) is 34.2 Å². The Morgan fingerprint density at radius 1 is 0.429 bits per heavy atom. The third-order valence-corrected chi connectivity index (χ3v) is 7.79. The van der Waals surface area contributed by atoms with Crippen molar-refractivity contribution in [3.05, 3.63) is 122 Å². The third kappa shape index (κ3) is 3.52. The minimum atomic E-state index is 0.525. The lowest BCUT2D eigenvalue weighted by molar-refractivity contribution is 0.667. The molecule has 0 aliphatic carbocycles. The Kier molecular flexibility index (Phi) is 4.80. The Hall–Kier alpha value is -5.88. The molecule has 0 N–H and O–H groups in total. The smallest absolute Gasteiger partial charge is 0.166 e. The van der Waals surface area contributed by atoms with E-state index in [1.165, 1.54) is 0 Å². The van der Waals surface area contributed by atoms with Gasteiger partial charge >= 0.3 is 0 Å². The topological polar surface area (TPSA) is 77.8 Å². The summed E-state index contributed by atoms with van der Waals surface area (Å²) in [5.74, 6) is 1.66. The first-order chi connectivity index (χ1) is 20.8. The van der Waals surface area contributed by atoms with Crippen LogP contribution in [0.2, 0.25) is 0 Å². The molecule has 5 aromatic carbocycles.